The summed E-state index contributed by atoms with van der Waals surface area (Å²) in [5.41, 5.74) is 0.399. The van der Waals surface area contributed by atoms with Gasteiger partial charge in [0, 0.05) is 0 Å². The lowest BCUT2D eigenvalue weighted by Gasteiger charge is -2.40. The molecular formula is C22H22O9. The summed E-state index contributed by atoms with van der Waals surface area (Å²) in [6.45, 7) is -0.626. The quantitative estimate of drug-likeness (QED) is 0.403. The topological polar surface area (TPSA) is 150 Å². The van der Waals surface area contributed by atoms with E-state index in [1.54, 1.807) is 24.3 Å². The molecule has 1 aliphatic heterocycles. The molecule has 0 unspecified atom stereocenters. The second-order valence-corrected chi connectivity index (χ2v) is 7.33. The van der Waals surface area contributed by atoms with E-state index in [0.29, 0.717) is 11.3 Å². The predicted molar refractivity (Wildman–Crippen MR) is 109 cm³/mol. The van der Waals surface area contributed by atoms with Crippen molar-refractivity contribution < 1.29 is 39.4 Å². The molecule has 2 heterocycles. The number of hydrogen-bond donors (Lipinski definition) is 5. The van der Waals surface area contributed by atoms with Gasteiger partial charge in [-0.15, -0.1) is 0 Å². The fourth-order valence-electron chi connectivity index (χ4n) is 3.80. The largest absolute Gasteiger partial charge is 0.507 e. The van der Waals surface area contributed by atoms with Crippen molar-refractivity contribution in [2.24, 2.45) is 0 Å². The molecule has 0 radical (unpaired) electrons. The summed E-state index contributed by atoms with van der Waals surface area (Å²) >= 11 is 0. The zero-order chi connectivity index (χ0) is 22.3. The first-order chi connectivity index (χ1) is 14.9. The summed E-state index contributed by atoms with van der Waals surface area (Å²) in [4.78, 5) is 13.1. The van der Waals surface area contributed by atoms with Crippen LogP contribution in [0, 0.1) is 0 Å². The van der Waals surface area contributed by atoms with Gasteiger partial charge in [-0.2, -0.15) is 0 Å². The molecule has 3 aromatic rings. The van der Waals surface area contributed by atoms with Crippen molar-refractivity contribution in [2.45, 2.75) is 30.5 Å². The highest BCUT2D eigenvalue weighted by molar-refractivity contribution is 5.86. The standard InChI is InChI=1S/C22H22O9/c1-29-11-4-2-10(3-5-11)13-9-30-21-12(17(13)25)6-7-14(24)16(21)22-20(28)19(27)18(26)15(8-23)31-22/h2-7,9,15,18-20,22-24,26-28H,8H2,1H3/t15-,18-,19+,20+,22+/m0/s1. The monoisotopic (exact) mass is 430 g/mol. The summed E-state index contributed by atoms with van der Waals surface area (Å²) in [6.07, 6.45) is -6.13. The van der Waals surface area contributed by atoms with Gasteiger partial charge in [-0.3, -0.25) is 4.79 Å². The number of aliphatic hydroxyl groups excluding tert-OH is 4. The third kappa shape index (κ3) is 3.56. The van der Waals surface area contributed by atoms with Gasteiger partial charge >= 0.3 is 0 Å². The van der Waals surface area contributed by atoms with Gasteiger partial charge in [0.05, 0.1) is 30.2 Å². The maximum absolute atomic E-state index is 13.1. The first-order valence-electron chi connectivity index (χ1n) is 9.59. The second-order valence-electron chi connectivity index (χ2n) is 7.33. The number of ether oxygens (including phenoxy) is 2. The number of aromatic hydroxyl groups is 1. The minimum atomic E-state index is -1.64. The van der Waals surface area contributed by atoms with E-state index in [1.165, 1.54) is 25.5 Å². The zero-order valence-electron chi connectivity index (χ0n) is 16.5. The lowest BCUT2D eigenvalue weighted by molar-refractivity contribution is -0.231. The fourth-order valence-corrected chi connectivity index (χ4v) is 3.80. The Labute approximate surface area is 176 Å². The van der Waals surface area contributed by atoms with Crippen LogP contribution in [0.5, 0.6) is 11.5 Å². The van der Waals surface area contributed by atoms with Crippen molar-refractivity contribution in [3.8, 4) is 22.6 Å². The molecule has 9 heteroatoms. The van der Waals surface area contributed by atoms with Crippen LogP contribution in [0.15, 0.2) is 51.9 Å². The molecule has 0 bridgehead atoms. The highest BCUT2D eigenvalue weighted by atomic mass is 16.5. The number of fused-ring (bicyclic) bond motifs is 1. The van der Waals surface area contributed by atoms with Gasteiger partial charge in [-0.1, -0.05) is 12.1 Å². The molecule has 5 atom stereocenters. The van der Waals surface area contributed by atoms with E-state index in [0.717, 1.165) is 0 Å². The second kappa shape index (κ2) is 8.29. The van der Waals surface area contributed by atoms with Gasteiger partial charge in [-0.05, 0) is 29.8 Å². The average molecular weight is 430 g/mol. The number of hydrogen-bond acceptors (Lipinski definition) is 9. The summed E-state index contributed by atoms with van der Waals surface area (Å²) in [6, 6.07) is 9.46. The van der Waals surface area contributed by atoms with Crippen LogP contribution in [0.2, 0.25) is 0 Å². The smallest absolute Gasteiger partial charge is 0.200 e. The molecule has 0 saturated carbocycles. The van der Waals surface area contributed by atoms with Crippen molar-refractivity contribution in [1.29, 1.82) is 0 Å². The average Bonchev–Trinajstić information content (AvgIpc) is 2.79. The third-order valence-electron chi connectivity index (χ3n) is 5.53. The molecule has 4 rings (SSSR count). The molecular weight excluding hydrogens is 408 g/mol. The Morgan fingerprint density at radius 3 is 2.35 bits per heavy atom. The van der Waals surface area contributed by atoms with Crippen LogP contribution >= 0.6 is 0 Å². The normalized spacial score (nSPS) is 26.2. The Kier molecular flexibility index (Phi) is 5.69. The lowest BCUT2D eigenvalue weighted by Crippen LogP contribution is -2.55. The van der Waals surface area contributed by atoms with Crippen molar-refractivity contribution >= 4 is 11.0 Å². The van der Waals surface area contributed by atoms with Crippen LogP contribution in [-0.4, -0.2) is 63.7 Å². The minimum Gasteiger partial charge on any atom is -0.507 e. The molecule has 1 fully saturated rings. The molecule has 0 aliphatic carbocycles. The summed E-state index contributed by atoms with van der Waals surface area (Å²) in [5, 5.41) is 50.6. The first kappa shape index (κ1) is 21.3. The molecule has 31 heavy (non-hydrogen) atoms. The molecule has 1 aliphatic rings. The van der Waals surface area contributed by atoms with Crippen LogP contribution < -0.4 is 10.2 Å². The summed E-state index contributed by atoms with van der Waals surface area (Å²) in [5.74, 6) is 0.293. The van der Waals surface area contributed by atoms with Crippen molar-refractivity contribution in [3.05, 3.63) is 58.4 Å². The first-order valence-corrected chi connectivity index (χ1v) is 9.59. The van der Waals surface area contributed by atoms with Crippen LogP contribution in [0.4, 0.5) is 0 Å². The van der Waals surface area contributed by atoms with Gasteiger partial charge < -0.3 is 39.4 Å². The molecule has 0 amide bonds. The van der Waals surface area contributed by atoms with E-state index >= 15 is 0 Å². The number of phenolic OH excluding ortho intramolecular Hbond substituents is 1. The highest BCUT2D eigenvalue weighted by Crippen LogP contribution is 2.40. The number of aliphatic hydroxyl groups is 4. The van der Waals surface area contributed by atoms with Gasteiger partial charge in [0.25, 0.3) is 0 Å². The van der Waals surface area contributed by atoms with E-state index in [-0.39, 0.29) is 33.3 Å². The Morgan fingerprint density at radius 1 is 1.00 bits per heavy atom. The van der Waals surface area contributed by atoms with E-state index in [1.807, 2.05) is 0 Å². The molecule has 1 saturated heterocycles. The maximum atomic E-state index is 13.1. The summed E-state index contributed by atoms with van der Waals surface area (Å²) in [7, 11) is 1.53. The van der Waals surface area contributed by atoms with Crippen LogP contribution in [0.3, 0.4) is 0 Å². The van der Waals surface area contributed by atoms with Gasteiger partial charge in [-0.25, -0.2) is 0 Å². The summed E-state index contributed by atoms with van der Waals surface area (Å²) < 4.78 is 16.4. The molecule has 0 spiro atoms. The maximum Gasteiger partial charge on any atom is 0.200 e. The molecule has 2 aromatic carbocycles. The number of benzene rings is 2. The van der Waals surface area contributed by atoms with Crippen LogP contribution in [-0.2, 0) is 4.74 Å². The van der Waals surface area contributed by atoms with Crippen molar-refractivity contribution in [2.75, 3.05) is 13.7 Å². The number of phenols is 1. The Morgan fingerprint density at radius 2 is 1.71 bits per heavy atom. The van der Waals surface area contributed by atoms with Gasteiger partial charge in [0.2, 0.25) is 5.43 Å². The van der Waals surface area contributed by atoms with Crippen molar-refractivity contribution in [1.82, 2.24) is 0 Å². The van der Waals surface area contributed by atoms with E-state index in [2.05, 4.69) is 0 Å². The number of methoxy groups -OCH3 is 1. The van der Waals surface area contributed by atoms with E-state index in [9.17, 15) is 30.3 Å². The van der Waals surface area contributed by atoms with Gasteiger partial charge in [0.1, 0.15) is 53.9 Å². The molecule has 164 valence electrons. The van der Waals surface area contributed by atoms with Crippen LogP contribution in [0.1, 0.15) is 11.7 Å². The Hall–Kier alpha value is -2.95. The minimum absolute atomic E-state index is 0.0356. The molecule has 5 N–H and O–H groups in total. The Bertz CT molecular complexity index is 1140. The SMILES string of the molecule is COc1ccc(-c2coc3c([C@H]4O[C@@H](CO)[C@H](O)[C@@H](O)[C@H]4O)c(O)ccc3c2=O)cc1. The van der Waals surface area contributed by atoms with Gasteiger partial charge in [0.15, 0.2) is 0 Å². The Balaban J connectivity index is 1.84. The van der Waals surface area contributed by atoms with E-state index < -0.39 is 37.1 Å². The third-order valence-corrected chi connectivity index (χ3v) is 5.53. The molecule has 9 nitrogen and oxygen atoms in total. The fraction of sp³-hybridized carbons (Fsp3) is 0.318. The van der Waals surface area contributed by atoms with E-state index in [4.69, 9.17) is 13.9 Å². The predicted octanol–water partition coefficient (Wildman–Crippen LogP) is 0.689. The zero-order valence-corrected chi connectivity index (χ0v) is 16.5. The highest BCUT2D eigenvalue weighted by Gasteiger charge is 2.45. The number of rotatable bonds is 4. The lowest BCUT2D eigenvalue weighted by atomic mass is 9.89. The molecule has 1 aromatic heterocycles. The van der Waals surface area contributed by atoms with Crippen molar-refractivity contribution in [3.63, 3.8) is 0 Å². The van der Waals surface area contributed by atoms with Crippen LogP contribution in [0.25, 0.3) is 22.1 Å².